The molecule has 96 valence electrons. The van der Waals surface area contributed by atoms with Gasteiger partial charge in [-0.3, -0.25) is 4.79 Å². The van der Waals surface area contributed by atoms with Gasteiger partial charge in [-0.1, -0.05) is 11.6 Å². The van der Waals surface area contributed by atoms with Crippen molar-refractivity contribution in [1.29, 1.82) is 0 Å². The SMILES string of the molecule is O=C(O)[C@H]1CCCN1C(=O)C=Cc1ccc(Cl)s1. The molecule has 1 aliphatic heterocycles. The van der Waals surface area contributed by atoms with E-state index in [1.807, 2.05) is 6.07 Å². The molecule has 1 aromatic heterocycles. The number of hydrogen-bond acceptors (Lipinski definition) is 3. The van der Waals surface area contributed by atoms with Gasteiger partial charge in [0.2, 0.25) is 5.91 Å². The molecular weight excluding hydrogens is 274 g/mol. The number of halogens is 1. The minimum Gasteiger partial charge on any atom is -0.480 e. The molecule has 1 N–H and O–H groups in total. The molecule has 1 aliphatic rings. The van der Waals surface area contributed by atoms with E-state index in [1.165, 1.54) is 22.3 Å². The van der Waals surface area contributed by atoms with Crippen LogP contribution in [0.5, 0.6) is 0 Å². The van der Waals surface area contributed by atoms with Crippen molar-refractivity contribution in [3.63, 3.8) is 0 Å². The third kappa shape index (κ3) is 2.91. The van der Waals surface area contributed by atoms with E-state index in [0.29, 0.717) is 17.3 Å². The highest BCUT2D eigenvalue weighted by atomic mass is 35.5. The van der Waals surface area contributed by atoms with Gasteiger partial charge in [0.1, 0.15) is 6.04 Å². The molecule has 2 heterocycles. The third-order valence-corrected chi connectivity index (χ3v) is 4.00. The second kappa shape index (κ2) is 5.54. The van der Waals surface area contributed by atoms with E-state index >= 15 is 0 Å². The Bertz CT molecular complexity index is 497. The van der Waals surface area contributed by atoms with Crippen molar-refractivity contribution in [3.05, 3.63) is 27.4 Å². The maximum atomic E-state index is 11.9. The molecule has 0 spiro atoms. The van der Waals surface area contributed by atoms with Crippen LogP contribution >= 0.6 is 22.9 Å². The minimum atomic E-state index is -0.937. The molecule has 0 aromatic carbocycles. The molecule has 0 aliphatic carbocycles. The van der Waals surface area contributed by atoms with Crippen molar-refractivity contribution >= 4 is 40.9 Å². The molecule has 4 nitrogen and oxygen atoms in total. The Hall–Kier alpha value is -1.33. The summed E-state index contributed by atoms with van der Waals surface area (Å²) in [5, 5.41) is 8.99. The average Bonchev–Trinajstić information content (AvgIpc) is 2.94. The van der Waals surface area contributed by atoms with E-state index in [1.54, 1.807) is 12.1 Å². The highest BCUT2D eigenvalue weighted by Gasteiger charge is 2.32. The summed E-state index contributed by atoms with van der Waals surface area (Å²) in [6.07, 6.45) is 4.33. The first-order valence-corrected chi connectivity index (χ1v) is 6.74. The summed E-state index contributed by atoms with van der Waals surface area (Å²) in [5.74, 6) is -1.20. The first kappa shape index (κ1) is 13.1. The monoisotopic (exact) mass is 285 g/mol. The number of carbonyl (C=O) groups excluding carboxylic acids is 1. The van der Waals surface area contributed by atoms with Crippen LogP contribution < -0.4 is 0 Å². The molecule has 6 heteroatoms. The molecule has 1 atom stereocenters. The van der Waals surface area contributed by atoms with E-state index in [2.05, 4.69) is 0 Å². The van der Waals surface area contributed by atoms with Gasteiger partial charge in [-0.05, 0) is 31.1 Å². The van der Waals surface area contributed by atoms with Gasteiger partial charge in [0, 0.05) is 17.5 Å². The quantitative estimate of drug-likeness (QED) is 0.868. The number of aliphatic carboxylic acids is 1. The fourth-order valence-electron chi connectivity index (χ4n) is 1.95. The summed E-state index contributed by atoms with van der Waals surface area (Å²) in [4.78, 5) is 25.1. The van der Waals surface area contributed by atoms with Gasteiger partial charge < -0.3 is 10.0 Å². The van der Waals surface area contributed by atoms with Crippen LogP contribution in [0.15, 0.2) is 18.2 Å². The third-order valence-electron chi connectivity index (χ3n) is 2.81. The Labute approximate surface area is 113 Å². The highest BCUT2D eigenvalue weighted by molar-refractivity contribution is 7.17. The van der Waals surface area contributed by atoms with E-state index < -0.39 is 12.0 Å². The van der Waals surface area contributed by atoms with E-state index in [-0.39, 0.29) is 5.91 Å². The summed E-state index contributed by atoms with van der Waals surface area (Å²) in [6, 6.07) is 2.89. The predicted molar refractivity (Wildman–Crippen MR) is 70.7 cm³/mol. The first-order valence-electron chi connectivity index (χ1n) is 5.55. The lowest BCUT2D eigenvalue weighted by atomic mass is 10.2. The smallest absolute Gasteiger partial charge is 0.326 e. The van der Waals surface area contributed by atoms with Crippen LogP contribution in [-0.4, -0.2) is 34.5 Å². The molecule has 1 fully saturated rings. The van der Waals surface area contributed by atoms with Gasteiger partial charge in [0.05, 0.1) is 4.34 Å². The number of nitrogens with zero attached hydrogens (tertiary/aromatic N) is 1. The van der Waals surface area contributed by atoms with E-state index in [9.17, 15) is 9.59 Å². The number of carbonyl (C=O) groups is 2. The topological polar surface area (TPSA) is 57.6 Å². The van der Waals surface area contributed by atoms with Gasteiger partial charge in [-0.15, -0.1) is 11.3 Å². The fourth-order valence-corrected chi connectivity index (χ4v) is 2.92. The van der Waals surface area contributed by atoms with E-state index in [0.717, 1.165) is 11.3 Å². The molecule has 1 saturated heterocycles. The van der Waals surface area contributed by atoms with Crippen molar-refractivity contribution in [2.45, 2.75) is 18.9 Å². The number of carboxylic acid groups (broad SMARTS) is 1. The number of hydrogen-bond donors (Lipinski definition) is 1. The van der Waals surface area contributed by atoms with Crippen LogP contribution in [0, 0.1) is 0 Å². The average molecular weight is 286 g/mol. The zero-order valence-electron chi connectivity index (χ0n) is 9.51. The first-order chi connectivity index (χ1) is 8.58. The van der Waals surface area contributed by atoms with Gasteiger partial charge in [-0.25, -0.2) is 4.79 Å². The second-order valence-electron chi connectivity index (χ2n) is 4.00. The predicted octanol–water partition coefficient (Wildman–Crippen LogP) is 2.49. The van der Waals surface area contributed by atoms with Crippen LogP contribution in [0.3, 0.4) is 0 Å². The van der Waals surface area contributed by atoms with Crippen molar-refractivity contribution in [2.24, 2.45) is 0 Å². The summed E-state index contributed by atoms with van der Waals surface area (Å²) in [7, 11) is 0. The number of thiophene rings is 1. The summed E-state index contributed by atoms with van der Waals surface area (Å²) in [6.45, 7) is 0.505. The summed E-state index contributed by atoms with van der Waals surface area (Å²) < 4.78 is 0.659. The molecule has 0 unspecified atom stereocenters. The maximum absolute atomic E-state index is 11.9. The Morgan fingerprint density at radius 2 is 2.28 bits per heavy atom. The van der Waals surface area contributed by atoms with Crippen LogP contribution in [0.4, 0.5) is 0 Å². The lowest BCUT2D eigenvalue weighted by Gasteiger charge is -2.19. The van der Waals surface area contributed by atoms with E-state index in [4.69, 9.17) is 16.7 Å². The number of carboxylic acids is 1. The largest absolute Gasteiger partial charge is 0.480 e. The number of amides is 1. The molecule has 0 bridgehead atoms. The van der Waals surface area contributed by atoms with Crippen molar-refractivity contribution in [3.8, 4) is 0 Å². The molecular formula is C12H12ClNO3S. The van der Waals surface area contributed by atoms with Crippen LogP contribution in [0.1, 0.15) is 17.7 Å². The standard InChI is InChI=1S/C12H12ClNO3S/c13-10-5-3-8(18-10)4-6-11(15)14-7-1-2-9(14)12(16)17/h3-6,9H,1-2,7H2,(H,16,17)/t9-/m1/s1. The summed E-state index contributed by atoms with van der Waals surface area (Å²) in [5.41, 5.74) is 0. The molecule has 0 radical (unpaired) electrons. The van der Waals surface area contributed by atoms with Crippen molar-refractivity contribution in [1.82, 2.24) is 4.90 Å². The van der Waals surface area contributed by atoms with Gasteiger partial charge in [0.15, 0.2) is 0 Å². The summed E-state index contributed by atoms with van der Waals surface area (Å²) >= 11 is 7.15. The Balaban J connectivity index is 2.03. The maximum Gasteiger partial charge on any atom is 0.326 e. The van der Waals surface area contributed by atoms with Crippen LogP contribution in [0.25, 0.3) is 6.08 Å². The Morgan fingerprint density at radius 3 is 2.89 bits per heavy atom. The molecule has 1 amide bonds. The van der Waals surface area contributed by atoms with Crippen LogP contribution in [0.2, 0.25) is 4.34 Å². The fraction of sp³-hybridized carbons (Fsp3) is 0.333. The molecule has 18 heavy (non-hydrogen) atoms. The zero-order valence-corrected chi connectivity index (χ0v) is 11.1. The normalized spacial score (nSPS) is 19.6. The Kier molecular flexibility index (Phi) is 4.04. The highest BCUT2D eigenvalue weighted by Crippen LogP contribution is 2.23. The number of rotatable bonds is 3. The zero-order chi connectivity index (χ0) is 13.1. The second-order valence-corrected chi connectivity index (χ2v) is 5.75. The molecule has 2 rings (SSSR count). The number of likely N-dealkylation sites (tertiary alicyclic amines) is 1. The van der Waals surface area contributed by atoms with Crippen molar-refractivity contribution < 1.29 is 14.7 Å². The lowest BCUT2D eigenvalue weighted by molar-refractivity contribution is -0.146. The Morgan fingerprint density at radius 1 is 1.50 bits per heavy atom. The van der Waals surface area contributed by atoms with Gasteiger partial charge >= 0.3 is 5.97 Å². The van der Waals surface area contributed by atoms with Crippen LogP contribution in [-0.2, 0) is 9.59 Å². The van der Waals surface area contributed by atoms with Crippen molar-refractivity contribution in [2.75, 3.05) is 6.54 Å². The molecule has 1 aromatic rings. The minimum absolute atomic E-state index is 0.260. The lowest BCUT2D eigenvalue weighted by Crippen LogP contribution is -2.39. The van der Waals surface area contributed by atoms with Gasteiger partial charge in [0.25, 0.3) is 0 Å². The van der Waals surface area contributed by atoms with Gasteiger partial charge in [-0.2, -0.15) is 0 Å². The molecule has 0 saturated carbocycles.